The van der Waals surface area contributed by atoms with Gasteiger partial charge in [0, 0.05) is 23.6 Å². The molecule has 4 rings (SSSR count). The SMILES string of the molecule is CC(NC(=O)COCc1ccccc1)c1nnc(SCc2ccc(F)cc2)n1-c1ccc([N+](=O)[O-])cc1. The average Bonchev–Trinajstić information content (AvgIpc) is 3.33. The van der Waals surface area contributed by atoms with Gasteiger partial charge in [0.1, 0.15) is 12.4 Å². The van der Waals surface area contributed by atoms with Crippen LogP contribution in [0.1, 0.15) is 29.9 Å². The minimum atomic E-state index is -0.532. The zero-order valence-electron chi connectivity index (χ0n) is 19.9. The van der Waals surface area contributed by atoms with Gasteiger partial charge in [-0.2, -0.15) is 0 Å². The van der Waals surface area contributed by atoms with Gasteiger partial charge in [-0.1, -0.05) is 54.2 Å². The lowest BCUT2D eigenvalue weighted by atomic mass is 10.2. The Morgan fingerprint density at radius 1 is 1.05 bits per heavy atom. The minimum absolute atomic E-state index is 0.0456. The Morgan fingerprint density at radius 2 is 1.76 bits per heavy atom. The van der Waals surface area contributed by atoms with Gasteiger partial charge >= 0.3 is 0 Å². The van der Waals surface area contributed by atoms with Crippen molar-refractivity contribution in [2.24, 2.45) is 0 Å². The van der Waals surface area contributed by atoms with Crippen molar-refractivity contribution in [3.05, 3.63) is 112 Å². The first-order valence-electron chi connectivity index (χ1n) is 11.4. The second-order valence-corrected chi connectivity index (χ2v) is 9.07. The van der Waals surface area contributed by atoms with Crippen molar-refractivity contribution in [3.63, 3.8) is 0 Å². The van der Waals surface area contributed by atoms with Gasteiger partial charge in [0.05, 0.1) is 17.6 Å². The van der Waals surface area contributed by atoms with E-state index in [1.807, 2.05) is 30.3 Å². The van der Waals surface area contributed by atoms with Gasteiger partial charge in [0.15, 0.2) is 11.0 Å². The van der Waals surface area contributed by atoms with Gasteiger partial charge in [-0.15, -0.1) is 10.2 Å². The highest BCUT2D eigenvalue weighted by atomic mass is 32.2. The van der Waals surface area contributed by atoms with E-state index in [2.05, 4.69) is 15.5 Å². The third-order valence-electron chi connectivity index (χ3n) is 5.37. The third-order valence-corrected chi connectivity index (χ3v) is 6.37. The Kier molecular flexibility index (Phi) is 8.60. The molecule has 190 valence electrons. The summed E-state index contributed by atoms with van der Waals surface area (Å²) in [6.45, 7) is 1.96. The summed E-state index contributed by atoms with van der Waals surface area (Å²) in [6, 6.07) is 21.2. The molecule has 1 aromatic heterocycles. The molecule has 1 atom stereocenters. The number of nitro benzene ring substituents is 1. The number of aromatic nitrogens is 3. The van der Waals surface area contributed by atoms with Crippen LogP contribution in [-0.4, -0.2) is 32.2 Å². The summed E-state index contributed by atoms with van der Waals surface area (Å²) < 4.78 is 20.5. The number of nitro groups is 1. The predicted octanol–water partition coefficient (Wildman–Crippen LogP) is 5.00. The van der Waals surface area contributed by atoms with Gasteiger partial charge in [0.25, 0.3) is 5.69 Å². The molecule has 1 unspecified atom stereocenters. The first-order valence-corrected chi connectivity index (χ1v) is 12.4. The van der Waals surface area contributed by atoms with Crippen molar-refractivity contribution < 1.29 is 18.8 Å². The van der Waals surface area contributed by atoms with Crippen LogP contribution in [-0.2, 0) is 21.9 Å². The first-order chi connectivity index (χ1) is 17.9. The van der Waals surface area contributed by atoms with Crippen LogP contribution in [0.15, 0.2) is 84.0 Å². The molecule has 9 nitrogen and oxygen atoms in total. The number of thioether (sulfide) groups is 1. The van der Waals surface area contributed by atoms with Crippen molar-refractivity contribution in [2.75, 3.05) is 6.61 Å². The summed E-state index contributed by atoms with van der Waals surface area (Å²) in [4.78, 5) is 23.2. The number of rotatable bonds is 11. The molecular weight excluding hydrogens is 497 g/mol. The molecule has 0 aliphatic heterocycles. The maximum atomic E-state index is 13.3. The molecule has 1 heterocycles. The van der Waals surface area contributed by atoms with E-state index in [4.69, 9.17) is 4.74 Å². The van der Waals surface area contributed by atoms with Gasteiger partial charge in [-0.05, 0) is 42.3 Å². The normalized spacial score (nSPS) is 11.7. The second-order valence-electron chi connectivity index (χ2n) is 8.13. The number of hydrogen-bond donors (Lipinski definition) is 1. The molecule has 3 aromatic carbocycles. The molecule has 0 aliphatic rings. The lowest BCUT2D eigenvalue weighted by molar-refractivity contribution is -0.384. The highest BCUT2D eigenvalue weighted by Crippen LogP contribution is 2.28. The Morgan fingerprint density at radius 3 is 2.43 bits per heavy atom. The summed E-state index contributed by atoms with van der Waals surface area (Å²) in [6.07, 6.45) is 0. The summed E-state index contributed by atoms with van der Waals surface area (Å²) in [5.41, 5.74) is 2.41. The molecule has 0 bridgehead atoms. The van der Waals surface area contributed by atoms with Gasteiger partial charge in [-0.3, -0.25) is 19.5 Å². The number of non-ortho nitro benzene ring substituents is 1. The lowest BCUT2D eigenvalue weighted by Crippen LogP contribution is -2.31. The van der Waals surface area contributed by atoms with E-state index in [1.165, 1.54) is 36.0 Å². The van der Waals surface area contributed by atoms with E-state index >= 15 is 0 Å². The first kappa shape index (κ1) is 26.0. The summed E-state index contributed by atoms with van der Waals surface area (Å²) >= 11 is 1.38. The Balaban J connectivity index is 1.50. The van der Waals surface area contributed by atoms with Gasteiger partial charge in [-0.25, -0.2) is 4.39 Å². The van der Waals surface area contributed by atoms with Crippen LogP contribution in [0.4, 0.5) is 10.1 Å². The maximum Gasteiger partial charge on any atom is 0.269 e. The van der Waals surface area contributed by atoms with Crippen LogP contribution in [0, 0.1) is 15.9 Å². The van der Waals surface area contributed by atoms with E-state index in [1.54, 1.807) is 35.8 Å². The Hall–Kier alpha value is -4.09. The smallest absolute Gasteiger partial charge is 0.269 e. The van der Waals surface area contributed by atoms with E-state index in [0.717, 1.165) is 11.1 Å². The molecule has 0 radical (unpaired) electrons. The lowest BCUT2D eigenvalue weighted by Gasteiger charge is -2.16. The van der Waals surface area contributed by atoms with E-state index in [9.17, 15) is 19.3 Å². The van der Waals surface area contributed by atoms with E-state index in [-0.39, 0.29) is 24.0 Å². The number of carbonyl (C=O) groups is 1. The molecule has 1 N–H and O–H groups in total. The van der Waals surface area contributed by atoms with E-state index in [0.29, 0.717) is 29.0 Å². The van der Waals surface area contributed by atoms with Gasteiger partial charge < -0.3 is 10.1 Å². The zero-order chi connectivity index (χ0) is 26.2. The quantitative estimate of drug-likeness (QED) is 0.168. The standard InChI is InChI=1S/C26H24FN5O4S/c1-18(28-24(33)16-36-15-19-5-3-2-4-6-19)25-29-30-26(37-17-20-7-9-21(27)10-8-20)31(25)22-11-13-23(14-12-22)32(34)35/h2-14,18H,15-17H2,1H3,(H,28,33). The summed E-state index contributed by atoms with van der Waals surface area (Å²) in [5, 5.41) is 23.1. The topological polar surface area (TPSA) is 112 Å². The fourth-order valence-electron chi connectivity index (χ4n) is 3.53. The van der Waals surface area contributed by atoms with Crippen LogP contribution >= 0.6 is 11.8 Å². The summed E-state index contributed by atoms with van der Waals surface area (Å²) in [7, 11) is 0. The number of hydrogen-bond acceptors (Lipinski definition) is 7. The molecule has 0 spiro atoms. The fourth-order valence-corrected chi connectivity index (χ4v) is 4.45. The number of halogens is 1. The second kappa shape index (κ2) is 12.2. The molecule has 37 heavy (non-hydrogen) atoms. The molecule has 0 saturated heterocycles. The van der Waals surface area contributed by atoms with Crippen LogP contribution in [0.3, 0.4) is 0 Å². The Labute approximate surface area is 216 Å². The molecular formula is C26H24FN5O4S. The van der Waals surface area contributed by atoms with Crippen LogP contribution in [0.5, 0.6) is 0 Å². The highest BCUT2D eigenvalue weighted by molar-refractivity contribution is 7.98. The average molecular weight is 522 g/mol. The number of carbonyl (C=O) groups excluding carboxylic acids is 1. The monoisotopic (exact) mass is 521 g/mol. The van der Waals surface area contributed by atoms with E-state index < -0.39 is 11.0 Å². The molecule has 0 aliphatic carbocycles. The fraction of sp³-hybridized carbons (Fsp3) is 0.192. The molecule has 11 heteroatoms. The molecule has 0 fully saturated rings. The largest absolute Gasteiger partial charge is 0.367 e. The number of nitrogens with zero attached hydrogens (tertiary/aromatic N) is 4. The van der Waals surface area contributed by atoms with Crippen molar-refractivity contribution in [2.45, 2.75) is 30.5 Å². The zero-order valence-corrected chi connectivity index (χ0v) is 20.7. The third kappa shape index (κ3) is 6.99. The Bertz CT molecular complexity index is 1350. The van der Waals surface area contributed by atoms with Crippen molar-refractivity contribution in [1.29, 1.82) is 0 Å². The van der Waals surface area contributed by atoms with Crippen LogP contribution in [0.2, 0.25) is 0 Å². The number of amides is 1. The van der Waals surface area contributed by atoms with Crippen LogP contribution in [0.25, 0.3) is 5.69 Å². The molecule has 0 saturated carbocycles. The summed E-state index contributed by atoms with van der Waals surface area (Å²) in [5.74, 6) is 0.316. The van der Waals surface area contributed by atoms with Crippen molar-refractivity contribution in [3.8, 4) is 5.69 Å². The number of nitrogens with one attached hydrogen (secondary N) is 1. The van der Waals surface area contributed by atoms with Crippen LogP contribution < -0.4 is 5.32 Å². The maximum absolute atomic E-state index is 13.3. The number of benzene rings is 3. The van der Waals surface area contributed by atoms with Crippen molar-refractivity contribution in [1.82, 2.24) is 20.1 Å². The minimum Gasteiger partial charge on any atom is -0.367 e. The van der Waals surface area contributed by atoms with Gasteiger partial charge in [0.2, 0.25) is 5.91 Å². The molecule has 4 aromatic rings. The van der Waals surface area contributed by atoms with Crippen molar-refractivity contribution >= 4 is 23.4 Å². The number of ether oxygens (including phenoxy) is 1. The molecule has 1 amide bonds. The predicted molar refractivity (Wildman–Crippen MR) is 137 cm³/mol. The highest BCUT2D eigenvalue weighted by Gasteiger charge is 2.22.